The van der Waals surface area contributed by atoms with Crippen molar-refractivity contribution in [2.45, 2.75) is 204 Å². The largest absolute Gasteiger partial charge is 0.381 e. The van der Waals surface area contributed by atoms with E-state index in [0.29, 0.717) is 89.8 Å². The third-order valence-electron chi connectivity index (χ3n) is 20.2. The molecule has 6 saturated heterocycles. The molecule has 1 N–H and O–H groups in total. The van der Waals surface area contributed by atoms with Crippen LogP contribution in [0.2, 0.25) is 0 Å². The zero-order chi connectivity index (χ0) is 89.4. The molecule has 3 aromatic heterocycles. The molecule has 0 radical (unpaired) electrons. The number of thioether (sulfide) groups is 6. The second-order valence-corrected chi connectivity index (χ2v) is 38.6. The molecule has 39 heteroatoms. The lowest BCUT2D eigenvalue weighted by atomic mass is 10.1. The summed E-state index contributed by atoms with van der Waals surface area (Å²) in [6.45, 7) is 39.4. The van der Waals surface area contributed by atoms with E-state index in [-0.39, 0.29) is 92.6 Å². The molecular formula is C84H144N18O15S6. The molecule has 12 rings (SSSR count). The minimum absolute atomic E-state index is 0.00999. The number of ether oxygens (including phenoxy) is 12. The molecule has 6 fully saturated rings. The Morgan fingerprint density at radius 1 is 0.472 bits per heavy atom. The SMILES string of the molecule is CCCCN(C)C1=NCN([C@H]2CS[C@@H](COC)O2)C=C1.CCCCNc1ccn([C@H]2CS[C@@H](COCC)O2)c(=O)n1.CCCN(CC)c1ccn([C@H]2CS[C@@H](COC)O2)c(=O)n1.CCN(c1ccn([C@H]2CS[C@@H](COC)O2)c(=O)n1)C(C)C.COC[C@H]1O[C@@H](N2C=CC(N(C)C(C)(C)C)=NC2)CS1.COC[C@H]1O[C@@H](N2C=CC(N(C)CC(C)C)=NC2)CS1. The van der Waals surface area contributed by atoms with Crippen molar-refractivity contribution in [3.8, 4) is 0 Å². The van der Waals surface area contributed by atoms with Crippen LogP contribution in [0.5, 0.6) is 0 Å². The maximum absolute atomic E-state index is 12.2. The highest BCUT2D eigenvalue weighted by atomic mass is 32.2. The molecule has 0 aliphatic carbocycles. The van der Waals surface area contributed by atoms with E-state index in [1.165, 1.54) is 12.8 Å². The molecular weight excluding hydrogens is 1690 g/mol. The van der Waals surface area contributed by atoms with Crippen LogP contribution in [0.25, 0.3) is 0 Å². The second-order valence-electron chi connectivity index (χ2n) is 31.5. The number of unbranched alkanes of at least 4 members (excludes halogenated alkanes) is 2. The fourth-order valence-corrected chi connectivity index (χ4v) is 19.7. The van der Waals surface area contributed by atoms with Crippen molar-refractivity contribution in [1.29, 1.82) is 0 Å². The number of hydrogen-bond donors (Lipinski definition) is 1. The molecule has 9 aliphatic heterocycles. The van der Waals surface area contributed by atoms with E-state index >= 15 is 0 Å². The highest BCUT2D eigenvalue weighted by Crippen LogP contribution is 2.36. The van der Waals surface area contributed by atoms with Gasteiger partial charge in [0.2, 0.25) is 0 Å². The normalized spacial score (nSPS) is 24.0. The lowest BCUT2D eigenvalue weighted by Crippen LogP contribution is -2.44. The van der Waals surface area contributed by atoms with Gasteiger partial charge >= 0.3 is 17.1 Å². The first-order valence-corrected chi connectivity index (χ1v) is 49.3. The van der Waals surface area contributed by atoms with E-state index in [1.807, 2.05) is 25.1 Å². The molecule has 0 spiro atoms. The summed E-state index contributed by atoms with van der Waals surface area (Å²) >= 11 is 10.4. The number of aromatic nitrogens is 6. The molecule has 12 heterocycles. The van der Waals surface area contributed by atoms with Gasteiger partial charge in [-0.3, -0.25) is 13.7 Å². The summed E-state index contributed by atoms with van der Waals surface area (Å²) in [6.07, 6.45) is 23.0. The quantitative estimate of drug-likeness (QED) is 0.0535. The number of nitrogens with one attached hydrogen (secondary N) is 1. The van der Waals surface area contributed by atoms with E-state index < -0.39 is 0 Å². The van der Waals surface area contributed by atoms with Crippen LogP contribution in [-0.4, -0.2) is 335 Å². The average Bonchev–Trinajstić information content (AvgIpc) is 1.82. The van der Waals surface area contributed by atoms with Crippen LogP contribution in [-0.2, 0) is 56.8 Å². The van der Waals surface area contributed by atoms with Gasteiger partial charge in [0.25, 0.3) is 0 Å². The van der Waals surface area contributed by atoms with Gasteiger partial charge in [0.05, 0.1) is 39.6 Å². The van der Waals surface area contributed by atoms with Crippen LogP contribution >= 0.6 is 70.6 Å². The van der Waals surface area contributed by atoms with E-state index in [9.17, 15) is 14.4 Å². The second kappa shape index (κ2) is 56.2. The zero-order valence-electron chi connectivity index (χ0n) is 76.8. The van der Waals surface area contributed by atoms with E-state index in [4.69, 9.17) is 56.8 Å². The standard InChI is InChI=1S/3C14H23N3O3S.3C14H25N3O2S/c1-5-16(10(2)3)11-6-7-17(14(18)15-11)12-9-21-13(20-12)8-19-4;1-4-7-16(5-2)11-6-8-17(14(18)15-11)12-10-21-13(20-12)9-19-3;1-3-5-7-15-11-6-8-17(14(18)16-11)12-10-21-13(20-12)9-19-4-2;1-14(2,3)16(4)11-6-7-17(10-15-11)12-9-20-13(19-12)8-18-5;1-11(2)7-16(3)12-5-6-17(10-15-12)13-9-20-14(19-13)8-18-4;1-4-5-7-16(2)12-6-8-17(11-15-12)13-10-20-14(19-13)9-18-3/h6-7,10,12-13H,5,8-9H2,1-4H3;6,8,12-13H,4-5,7,9-10H2,1-3H3;6,8,12-13H,3-5,7,9-10H2,1-2H3,(H,15,16,18);6-7,12-13H,8-10H2,1-5H3;5-6,11,13-14H,7-10H2,1-4H3;6,8,13-14H,4-5,7,9-11H2,1-3H3/t4*12-,13+;2*13-,14+/m111111/s1. The molecule has 9 aliphatic rings. The van der Waals surface area contributed by atoms with Crippen molar-refractivity contribution in [2.24, 2.45) is 20.9 Å². The third-order valence-corrected chi connectivity index (χ3v) is 26.8. The lowest BCUT2D eigenvalue weighted by Gasteiger charge is -2.36. The van der Waals surface area contributed by atoms with Crippen molar-refractivity contribution in [1.82, 2.24) is 58.1 Å². The Hall–Kier alpha value is -5.31. The van der Waals surface area contributed by atoms with Crippen LogP contribution in [0.15, 0.2) is 103 Å². The van der Waals surface area contributed by atoms with Gasteiger partial charge in [-0.25, -0.2) is 29.4 Å². The summed E-state index contributed by atoms with van der Waals surface area (Å²) in [5, 5.41) is 3.15. The number of rotatable bonds is 35. The minimum Gasteiger partial charge on any atom is -0.381 e. The Morgan fingerprint density at radius 2 is 0.854 bits per heavy atom. The Bertz CT molecular complexity index is 3900. The number of likely N-dealkylation sites (N-methyl/N-ethyl adjacent to an activating group) is 3. The molecule has 12 atom stereocenters. The summed E-state index contributed by atoms with van der Waals surface area (Å²) in [7, 11) is 14.7. The van der Waals surface area contributed by atoms with Crippen molar-refractivity contribution in [3.63, 3.8) is 0 Å². The molecule has 3 aromatic rings. The molecule has 0 saturated carbocycles. The maximum Gasteiger partial charge on any atom is 0.351 e. The van der Waals surface area contributed by atoms with Gasteiger partial charge in [-0.05, 0) is 117 Å². The predicted molar refractivity (Wildman–Crippen MR) is 506 cm³/mol. The molecule has 0 unspecified atom stereocenters. The zero-order valence-corrected chi connectivity index (χ0v) is 81.7. The monoisotopic (exact) mass is 1840 g/mol. The number of amidine groups is 3. The minimum atomic E-state index is -0.279. The van der Waals surface area contributed by atoms with Crippen molar-refractivity contribution >= 4 is 106 Å². The molecule has 696 valence electrons. The highest BCUT2D eigenvalue weighted by molar-refractivity contribution is 8.01. The summed E-state index contributed by atoms with van der Waals surface area (Å²) < 4.78 is 70.7. The molecule has 123 heavy (non-hydrogen) atoms. The number of aliphatic imine (C=N–C) groups is 3. The van der Waals surface area contributed by atoms with E-state index in [1.54, 1.807) is 138 Å². The van der Waals surface area contributed by atoms with Gasteiger partial charge in [0, 0.05) is 186 Å². The summed E-state index contributed by atoms with van der Waals surface area (Å²) in [4.78, 5) is 80.2. The van der Waals surface area contributed by atoms with Crippen LogP contribution in [0.3, 0.4) is 0 Å². The number of methoxy groups -OCH3 is 5. The molecule has 0 bridgehead atoms. The van der Waals surface area contributed by atoms with Gasteiger partial charge in [-0.2, -0.15) is 15.0 Å². The van der Waals surface area contributed by atoms with Crippen LogP contribution < -0.4 is 32.2 Å². The van der Waals surface area contributed by atoms with Gasteiger partial charge < -0.3 is 101 Å². The Kier molecular flexibility index (Phi) is 47.9. The van der Waals surface area contributed by atoms with E-state index in [0.717, 1.165) is 116 Å². The lowest BCUT2D eigenvalue weighted by molar-refractivity contribution is -0.0415. The number of anilines is 3. The first-order chi connectivity index (χ1) is 59.2. The Balaban J connectivity index is 0.000000203. The van der Waals surface area contributed by atoms with E-state index in [2.05, 4.69) is 216 Å². The van der Waals surface area contributed by atoms with Crippen molar-refractivity contribution in [2.75, 3.05) is 212 Å². The van der Waals surface area contributed by atoms with Crippen LogP contribution in [0.4, 0.5) is 17.5 Å². The first kappa shape index (κ1) is 105. The van der Waals surface area contributed by atoms with Gasteiger partial charge in [-0.1, -0.05) is 47.5 Å². The van der Waals surface area contributed by atoms with Crippen molar-refractivity contribution < 1.29 is 56.8 Å². The Morgan fingerprint density at radius 3 is 1.20 bits per heavy atom. The summed E-state index contributed by atoms with van der Waals surface area (Å²) in [5.74, 6) is 10.9. The first-order valence-electron chi connectivity index (χ1n) is 43.0. The smallest absolute Gasteiger partial charge is 0.351 e. The van der Waals surface area contributed by atoms with Crippen LogP contribution in [0, 0.1) is 5.92 Å². The fourth-order valence-electron chi connectivity index (χ4n) is 13.3. The maximum atomic E-state index is 12.2. The van der Waals surface area contributed by atoms with Gasteiger partial charge in [-0.15, -0.1) is 70.6 Å². The summed E-state index contributed by atoms with van der Waals surface area (Å²) in [5.41, 5.74) is -0.337. The van der Waals surface area contributed by atoms with Gasteiger partial charge in [0.1, 0.15) is 125 Å². The highest BCUT2D eigenvalue weighted by Gasteiger charge is 2.36. The predicted octanol–water partition coefficient (Wildman–Crippen LogP) is 11.3. The van der Waals surface area contributed by atoms with Crippen LogP contribution in [0.1, 0.15) is 141 Å². The average molecular weight is 1840 g/mol. The number of nitrogens with zero attached hydrogens (tertiary/aromatic N) is 17. The molecule has 0 amide bonds. The third kappa shape index (κ3) is 34.6. The Labute approximate surface area is 757 Å². The molecule has 0 aromatic carbocycles. The van der Waals surface area contributed by atoms with Gasteiger partial charge in [0.15, 0.2) is 0 Å². The summed E-state index contributed by atoms with van der Waals surface area (Å²) in [6, 6.07) is 5.89. The fraction of sp³-hybridized carbons (Fsp3) is 0.750. The van der Waals surface area contributed by atoms with Crippen molar-refractivity contribution in [3.05, 3.63) is 105 Å². The number of hydrogen-bond acceptors (Lipinski definition) is 36. The topological polar surface area (TPSA) is 290 Å². The molecule has 33 nitrogen and oxygen atoms in total.